The van der Waals surface area contributed by atoms with Crippen molar-refractivity contribution in [2.24, 2.45) is 17.6 Å². The summed E-state index contributed by atoms with van der Waals surface area (Å²) in [4.78, 5) is 16.2. The largest absolute Gasteiger partial charge is 0.328 e. The number of likely N-dealkylation sites (tertiary alicyclic amines) is 1. The van der Waals surface area contributed by atoms with E-state index in [-0.39, 0.29) is 24.5 Å². The van der Waals surface area contributed by atoms with Crippen LogP contribution in [0.4, 0.5) is 4.79 Å². The molecule has 4 nitrogen and oxygen atoms in total. The quantitative estimate of drug-likeness (QED) is 0.856. The molecule has 0 aromatic rings. The second-order valence-corrected chi connectivity index (χ2v) is 5.70. The standard InChI is InChI=1S/C13H25N3O.ClH/c1-10-5-7-16(8-6-10)13(17)15(2)12(9-14)11-3-4-11;/h10-12H,3-9,14H2,1-2H3;1H. The van der Waals surface area contributed by atoms with Crippen molar-refractivity contribution in [2.75, 3.05) is 26.7 Å². The van der Waals surface area contributed by atoms with E-state index in [1.807, 2.05) is 16.8 Å². The van der Waals surface area contributed by atoms with E-state index in [1.54, 1.807) is 0 Å². The molecule has 1 unspecified atom stereocenters. The molecule has 0 spiro atoms. The first-order valence-electron chi connectivity index (χ1n) is 6.85. The average molecular weight is 276 g/mol. The Labute approximate surface area is 116 Å². The Morgan fingerprint density at radius 3 is 2.33 bits per heavy atom. The molecule has 1 aliphatic carbocycles. The molecular weight excluding hydrogens is 250 g/mol. The Balaban J connectivity index is 0.00000162. The molecule has 1 aliphatic heterocycles. The zero-order chi connectivity index (χ0) is 12.4. The van der Waals surface area contributed by atoms with Gasteiger partial charge in [-0.15, -0.1) is 12.4 Å². The molecule has 18 heavy (non-hydrogen) atoms. The van der Waals surface area contributed by atoms with Gasteiger partial charge in [-0.2, -0.15) is 0 Å². The third-order valence-electron chi connectivity index (χ3n) is 4.26. The Morgan fingerprint density at radius 1 is 1.33 bits per heavy atom. The fourth-order valence-electron chi connectivity index (χ4n) is 2.71. The van der Waals surface area contributed by atoms with Crippen LogP contribution < -0.4 is 5.73 Å². The van der Waals surface area contributed by atoms with Crippen LogP contribution in [-0.4, -0.2) is 48.6 Å². The number of likely N-dealkylation sites (N-methyl/N-ethyl adjacent to an activating group) is 1. The van der Waals surface area contributed by atoms with Crippen LogP contribution in [0.5, 0.6) is 0 Å². The summed E-state index contributed by atoms with van der Waals surface area (Å²) < 4.78 is 0. The fraction of sp³-hybridized carbons (Fsp3) is 0.923. The van der Waals surface area contributed by atoms with Crippen LogP contribution in [0.1, 0.15) is 32.6 Å². The average Bonchev–Trinajstić information content (AvgIpc) is 3.14. The molecule has 1 saturated heterocycles. The Bertz CT molecular complexity index is 275. The van der Waals surface area contributed by atoms with Crippen LogP contribution in [-0.2, 0) is 0 Å². The number of nitrogens with two attached hydrogens (primary N) is 1. The van der Waals surface area contributed by atoms with Crippen molar-refractivity contribution in [3.05, 3.63) is 0 Å². The summed E-state index contributed by atoms with van der Waals surface area (Å²) in [5.41, 5.74) is 5.79. The predicted octanol–water partition coefficient (Wildman–Crippen LogP) is 1.93. The summed E-state index contributed by atoms with van der Waals surface area (Å²) >= 11 is 0. The van der Waals surface area contributed by atoms with Gasteiger partial charge in [0.25, 0.3) is 0 Å². The van der Waals surface area contributed by atoms with Crippen molar-refractivity contribution in [3.8, 4) is 0 Å². The third-order valence-corrected chi connectivity index (χ3v) is 4.26. The van der Waals surface area contributed by atoms with E-state index in [4.69, 9.17) is 5.73 Å². The number of halogens is 1. The molecule has 2 aliphatic rings. The lowest BCUT2D eigenvalue weighted by Gasteiger charge is -2.36. The normalized spacial score (nSPS) is 22.3. The summed E-state index contributed by atoms with van der Waals surface area (Å²) in [6.45, 7) is 4.67. The molecule has 0 aromatic carbocycles. The predicted molar refractivity (Wildman–Crippen MR) is 75.9 cm³/mol. The van der Waals surface area contributed by atoms with Crippen LogP contribution in [0.15, 0.2) is 0 Å². The summed E-state index contributed by atoms with van der Waals surface area (Å²) in [5.74, 6) is 1.41. The van der Waals surface area contributed by atoms with Gasteiger partial charge in [0.05, 0.1) is 0 Å². The zero-order valence-electron chi connectivity index (χ0n) is 11.5. The van der Waals surface area contributed by atoms with Crippen LogP contribution >= 0.6 is 12.4 Å². The SMILES string of the molecule is CC1CCN(C(=O)N(C)C(CN)C2CC2)CC1.Cl. The van der Waals surface area contributed by atoms with Gasteiger partial charge < -0.3 is 15.5 Å². The summed E-state index contributed by atoms with van der Waals surface area (Å²) in [5, 5.41) is 0. The highest BCUT2D eigenvalue weighted by Crippen LogP contribution is 2.35. The second kappa shape index (κ2) is 6.62. The number of urea groups is 1. The van der Waals surface area contributed by atoms with E-state index in [0.29, 0.717) is 12.5 Å². The molecule has 2 rings (SSSR count). The number of amides is 2. The van der Waals surface area contributed by atoms with Gasteiger partial charge in [0.1, 0.15) is 0 Å². The first-order valence-corrected chi connectivity index (χ1v) is 6.85. The van der Waals surface area contributed by atoms with Crippen molar-refractivity contribution < 1.29 is 4.79 Å². The minimum atomic E-state index is 0. The lowest BCUT2D eigenvalue weighted by atomic mass is 9.99. The van der Waals surface area contributed by atoms with Gasteiger partial charge in [-0.3, -0.25) is 0 Å². The van der Waals surface area contributed by atoms with Gasteiger partial charge in [-0.1, -0.05) is 6.92 Å². The van der Waals surface area contributed by atoms with Crippen molar-refractivity contribution >= 4 is 18.4 Å². The molecule has 106 valence electrons. The number of hydrogen-bond acceptors (Lipinski definition) is 2. The molecule has 1 atom stereocenters. The van der Waals surface area contributed by atoms with Crippen molar-refractivity contribution in [1.82, 2.24) is 9.80 Å². The highest BCUT2D eigenvalue weighted by atomic mass is 35.5. The smallest absolute Gasteiger partial charge is 0.320 e. The second-order valence-electron chi connectivity index (χ2n) is 5.70. The molecular formula is C13H26ClN3O. The number of hydrogen-bond donors (Lipinski definition) is 1. The Kier molecular flexibility index (Phi) is 5.73. The zero-order valence-corrected chi connectivity index (χ0v) is 12.3. The van der Waals surface area contributed by atoms with Gasteiger partial charge in [-0.05, 0) is 37.5 Å². The van der Waals surface area contributed by atoms with E-state index < -0.39 is 0 Å². The maximum atomic E-state index is 12.3. The number of rotatable bonds is 3. The lowest BCUT2D eigenvalue weighted by molar-refractivity contribution is 0.126. The Morgan fingerprint density at radius 2 is 1.89 bits per heavy atom. The minimum Gasteiger partial charge on any atom is -0.328 e. The van der Waals surface area contributed by atoms with E-state index in [2.05, 4.69) is 6.92 Å². The van der Waals surface area contributed by atoms with Crippen molar-refractivity contribution in [1.29, 1.82) is 0 Å². The van der Waals surface area contributed by atoms with Crippen molar-refractivity contribution in [3.63, 3.8) is 0 Å². The summed E-state index contributed by atoms with van der Waals surface area (Å²) in [6, 6.07) is 0.432. The minimum absolute atomic E-state index is 0. The third kappa shape index (κ3) is 3.51. The molecule has 0 bridgehead atoms. The lowest BCUT2D eigenvalue weighted by Crippen LogP contribution is -2.51. The first-order chi connectivity index (χ1) is 8.13. The molecule has 2 amide bonds. The van der Waals surface area contributed by atoms with E-state index in [0.717, 1.165) is 31.8 Å². The maximum absolute atomic E-state index is 12.3. The summed E-state index contributed by atoms with van der Waals surface area (Å²) in [6.07, 6.45) is 4.74. The monoisotopic (exact) mass is 275 g/mol. The maximum Gasteiger partial charge on any atom is 0.320 e. The highest BCUT2D eigenvalue weighted by molar-refractivity contribution is 5.85. The number of piperidine rings is 1. The molecule has 1 saturated carbocycles. The molecule has 2 N–H and O–H groups in total. The van der Waals surface area contributed by atoms with Crippen molar-refractivity contribution in [2.45, 2.75) is 38.6 Å². The number of carbonyl (C=O) groups excluding carboxylic acids is 1. The highest BCUT2D eigenvalue weighted by Gasteiger charge is 2.36. The van der Waals surface area contributed by atoms with E-state index in [9.17, 15) is 4.79 Å². The van der Waals surface area contributed by atoms with Crippen LogP contribution in [0.25, 0.3) is 0 Å². The van der Waals surface area contributed by atoms with Crippen LogP contribution in [0.3, 0.4) is 0 Å². The number of nitrogens with zero attached hydrogens (tertiary/aromatic N) is 2. The molecule has 1 heterocycles. The molecule has 2 fully saturated rings. The van der Waals surface area contributed by atoms with Gasteiger partial charge in [0, 0.05) is 32.7 Å². The van der Waals surface area contributed by atoms with E-state index in [1.165, 1.54) is 12.8 Å². The van der Waals surface area contributed by atoms with Crippen LogP contribution in [0, 0.1) is 11.8 Å². The first kappa shape index (κ1) is 15.6. The summed E-state index contributed by atoms with van der Waals surface area (Å²) in [7, 11) is 1.91. The topological polar surface area (TPSA) is 49.6 Å². The van der Waals surface area contributed by atoms with Gasteiger partial charge in [-0.25, -0.2) is 4.79 Å². The van der Waals surface area contributed by atoms with E-state index >= 15 is 0 Å². The van der Waals surface area contributed by atoms with Gasteiger partial charge >= 0.3 is 6.03 Å². The fourth-order valence-corrected chi connectivity index (χ4v) is 2.71. The number of carbonyl (C=O) groups is 1. The van der Waals surface area contributed by atoms with Crippen LogP contribution in [0.2, 0.25) is 0 Å². The molecule has 5 heteroatoms. The van der Waals surface area contributed by atoms with Gasteiger partial charge in [0.15, 0.2) is 0 Å². The molecule has 0 aromatic heterocycles. The Hall–Kier alpha value is -0.480. The molecule has 0 radical (unpaired) electrons. The van der Waals surface area contributed by atoms with Gasteiger partial charge in [0.2, 0.25) is 0 Å².